The van der Waals surface area contributed by atoms with Crippen molar-refractivity contribution in [2.45, 2.75) is 161 Å². The van der Waals surface area contributed by atoms with Gasteiger partial charge in [0.15, 0.2) is 0 Å². The van der Waals surface area contributed by atoms with Gasteiger partial charge in [0, 0.05) is 25.2 Å². The van der Waals surface area contributed by atoms with Crippen LogP contribution in [0.3, 0.4) is 0 Å². The minimum atomic E-state index is -0.842. The summed E-state index contributed by atoms with van der Waals surface area (Å²) in [6.45, 7) is 14.2. The number of fused-ring (bicyclic) bond motifs is 9. The van der Waals surface area contributed by atoms with Crippen molar-refractivity contribution in [3.05, 3.63) is 0 Å². The van der Waals surface area contributed by atoms with Crippen LogP contribution in [0.15, 0.2) is 0 Å². The van der Waals surface area contributed by atoms with Crippen LogP contribution in [-0.4, -0.2) is 44.6 Å². The third-order valence-corrected chi connectivity index (χ3v) is 13.9. The summed E-state index contributed by atoms with van der Waals surface area (Å²) in [5.41, 5.74) is -3.30. The smallest absolute Gasteiger partial charge is 0.312 e. The molecule has 42 heavy (non-hydrogen) atoms. The van der Waals surface area contributed by atoms with Crippen LogP contribution in [-0.2, 0) is 19.1 Å². The normalized spacial score (nSPS) is 47.7. The van der Waals surface area contributed by atoms with Gasteiger partial charge in [-0.15, -0.1) is 0 Å². The van der Waals surface area contributed by atoms with Gasteiger partial charge in [-0.05, 0) is 134 Å². The van der Waals surface area contributed by atoms with E-state index in [0.717, 1.165) is 74.5 Å². The highest BCUT2D eigenvalue weighted by Gasteiger charge is 2.68. The summed E-state index contributed by atoms with van der Waals surface area (Å²) in [4.78, 5) is 25.1. The molecular weight excluding hydrogens is 528 g/mol. The Kier molecular flexibility index (Phi) is 7.30. The molecule has 0 saturated heterocycles. The zero-order chi connectivity index (χ0) is 30.5. The van der Waals surface area contributed by atoms with Gasteiger partial charge in [0.05, 0.1) is 22.0 Å². The number of hydrogen-bond donors (Lipinski definition) is 2. The van der Waals surface area contributed by atoms with Gasteiger partial charge in [0.2, 0.25) is 0 Å². The Labute approximate surface area is 254 Å². The number of aliphatic hydroxyl groups is 2. The first kappa shape index (κ1) is 30.9. The molecule has 0 aromatic heterocycles. The molecule has 0 aromatic carbocycles. The summed E-state index contributed by atoms with van der Waals surface area (Å²) in [6, 6.07) is 0. The molecule has 238 valence electrons. The molecule has 0 aliphatic heterocycles. The predicted molar refractivity (Wildman–Crippen MR) is 161 cm³/mol. The molecule has 6 nitrogen and oxygen atoms in total. The Balaban J connectivity index is 0.000000151. The molecule has 9 atom stereocenters. The SMILES string of the molecule is CCC(C)(C)C(=O)OC1(CC)CC2CC1C1C3CCC(C3)C21.CCC(C)(C)C(=O)OC12CC3CC(O)(CC(O)(C3)C1)C2. The average molecular weight is 587 g/mol. The second-order valence-electron chi connectivity index (χ2n) is 17.6. The Bertz CT molecular complexity index is 1080. The molecule has 2 N–H and O–H groups in total. The topological polar surface area (TPSA) is 93.1 Å². The highest BCUT2D eigenvalue weighted by Crippen LogP contribution is 2.71. The third kappa shape index (κ3) is 4.88. The Hall–Kier alpha value is -1.14. The van der Waals surface area contributed by atoms with Crippen LogP contribution in [0.25, 0.3) is 0 Å². The van der Waals surface area contributed by atoms with Gasteiger partial charge in [-0.2, -0.15) is 0 Å². The molecule has 8 aliphatic rings. The molecule has 0 amide bonds. The fourth-order valence-electron chi connectivity index (χ4n) is 11.6. The van der Waals surface area contributed by atoms with E-state index in [1.54, 1.807) is 0 Å². The van der Waals surface area contributed by atoms with E-state index >= 15 is 0 Å². The van der Waals surface area contributed by atoms with Crippen LogP contribution in [0.2, 0.25) is 0 Å². The second-order valence-corrected chi connectivity index (χ2v) is 17.6. The minimum absolute atomic E-state index is 0.0455. The molecule has 0 radical (unpaired) electrons. The highest BCUT2D eigenvalue weighted by molar-refractivity contribution is 5.77. The van der Waals surface area contributed by atoms with Gasteiger partial charge >= 0.3 is 11.9 Å². The van der Waals surface area contributed by atoms with Crippen molar-refractivity contribution in [1.29, 1.82) is 0 Å². The molecular formula is C36H58O6. The van der Waals surface area contributed by atoms with E-state index in [0.29, 0.717) is 25.2 Å². The highest BCUT2D eigenvalue weighted by atomic mass is 16.6. The quantitative estimate of drug-likeness (QED) is 0.247. The van der Waals surface area contributed by atoms with Crippen molar-refractivity contribution in [1.82, 2.24) is 0 Å². The molecule has 8 aliphatic carbocycles. The predicted octanol–water partition coefficient (Wildman–Crippen LogP) is 6.98. The van der Waals surface area contributed by atoms with Gasteiger partial charge in [-0.3, -0.25) is 9.59 Å². The Morgan fingerprint density at radius 2 is 1.26 bits per heavy atom. The number of carbonyl (C=O) groups excluding carboxylic acids is 2. The summed E-state index contributed by atoms with van der Waals surface area (Å²) in [6.07, 6.45) is 13.2. The lowest BCUT2D eigenvalue weighted by atomic mass is 9.50. The first-order chi connectivity index (χ1) is 19.5. The molecule has 8 fully saturated rings. The second kappa shape index (κ2) is 9.93. The van der Waals surface area contributed by atoms with Crippen LogP contribution < -0.4 is 0 Å². The van der Waals surface area contributed by atoms with Crippen molar-refractivity contribution in [3.8, 4) is 0 Å². The van der Waals surface area contributed by atoms with Crippen molar-refractivity contribution in [2.24, 2.45) is 52.3 Å². The van der Waals surface area contributed by atoms with Gasteiger partial charge < -0.3 is 19.7 Å². The molecule has 8 rings (SSSR count). The number of esters is 2. The molecule has 8 saturated carbocycles. The summed E-state index contributed by atoms with van der Waals surface area (Å²) in [7, 11) is 0. The van der Waals surface area contributed by atoms with Crippen LogP contribution in [0.1, 0.15) is 138 Å². The fourth-order valence-corrected chi connectivity index (χ4v) is 11.6. The van der Waals surface area contributed by atoms with Crippen LogP contribution in [0, 0.1) is 52.3 Å². The molecule has 6 heteroatoms. The maximum atomic E-state index is 12.7. The maximum absolute atomic E-state index is 12.7. The zero-order valence-corrected chi connectivity index (χ0v) is 27.5. The number of ether oxygens (including phenoxy) is 2. The van der Waals surface area contributed by atoms with E-state index in [1.165, 1.54) is 25.7 Å². The van der Waals surface area contributed by atoms with Crippen molar-refractivity contribution >= 4 is 11.9 Å². The van der Waals surface area contributed by atoms with Gasteiger partial charge in [-0.25, -0.2) is 0 Å². The summed E-state index contributed by atoms with van der Waals surface area (Å²) in [5.74, 6) is 5.48. The first-order valence-corrected chi connectivity index (χ1v) is 17.4. The first-order valence-electron chi connectivity index (χ1n) is 17.4. The van der Waals surface area contributed by atoms with Crippen molar-refractivity contribution in [2.75, 3.05) is 0 Å². The monoisotopic (exact) mass is 586 g/mol. The Morgan fingerprint density at radius 1 is 0.714 bits per heavy atom. The summed E-state index contributed by atoms with van der Waals surface area (Å²) in [5, 5.41) is 21.3. The average Bonchev–Trinajstić information content (AvgIpc) is 3.66. The Morgan fingerprint density at radius 3 is 1.79 bits per heavy atom. The lowest BCUT2D eigenvalue weighted by molar-refractivity contribution is -0.264. The van der Waals surface area contributed by atoms with E-state index < -0.39 is 22.2 Å². The van der Waals surface area contributed by atoms with E-state index in [-0.39, 0.29) is 28.9 Å². The van der Waals surface area contributed by atoms with Crippen LogP contribution >= 0.6 is 0 Å². The lowest BCUT2D eigenvalue weighted by Crippen LogP contribution is -2.67. The van der Waals surface area contributed by atoms with E-state index in [2.05, 4.69) is 13.8 Å². The van der Waals surface area contributed by atoms with E-state index in [9.17, 15) is 19.8 Å². The molecule has 0 spiro atoms. The number of rotatable bonds is 7. The van der Waals surface area contributed by atoms with Crippen molar-refractivity contribution in [3.63, 3.8) is 0 Å². The molecule has 0 aromatic rings. The van der Waals surface area contributed by atoms with E-state index in [4.69, 9.17) is 9.47 Å². The summed E-state index contributed by atoms with van der Waals surface area (Å²) < 4.78 is 12.2. The van der Waals surface area contributed by atoms with Crippen LogP contribution in [0.4, 0.5) is 0 Å². The van der Waals surface area contributed by atoms with Crippen LogP contribution in [0.5, 0.6) is 0 Å². The van der Waals surface area contributed by atoms with Crippen molar-refractivity contribution < 1.29 is 29.3 Å². The molecule has 9 unspecified atom stereocenters. The molecule has 8 bridgehead atoms. The number of hydrogen-bond acceptors (Lipinski definition) is 6. The lowest BCUT2D eigenvalue weighted by Gasteiger charge is -2.62. The zero-order valence-electron chi connectivity index (χ0n) is 27.5. The van der Waals surface area contributed by atoms with E-state index in [1.807, 2.05) is 34.6 Å². The maximum Gasteiger partial charge on any atom is 0.312 e. The van der Waals surface area contributed by atoms with Gasteiger partial charge in [0.25, 0.3) is 0 Å². The third-order valence-electron chi connectivity index (χ3n) is 13.9. The van der Waals surface area contributed by atoms with Gasteiger partial charge in [0.1, 0.15) is 11.2 Å². The standard InChI is InChI=1S/C20H32O2.C16H26O4/c1-5-19(3,4)18(21)22-20(6-2)11-14-10-15(20)17-13-8-7-12(9-13)16(14)17;1-4-13(2,3)12(17)20-16-7-11-5-14(18,9-16)8-15(19,6-11)10-16/h12-17H,5-11H2,1-4H3;11,18-19H,4-10H2,1-3H3. The molecule has 0 heterocycles. The largest absolute Gasteiger partial charge is 0.458 e. The summed E-state index contributed by atoms with van der Waals surface area (Å²) >= 11 is 0. The number of carbonyl (C=O) groups is 2. The van der Waals surface area contributed by atoms with Gasteiger partial charge in [-0.1, -0.05) is 20.8 Å². The minimum Gasteiger partial charge on any atom is -0.458 e. The fraction of sp³-hybridized carbons (Fsp3) is 0.944.